The summed E-state index contributed by atoms with van der Waals surface area (Å²) in [5.74, 6) is 0.330. The van der Waals surface area contributed by atoms with Gasteiger partial charge in [-0.15, -0.1) is 0 Å². The number of aromatic hydroxyl groups is 1. The minimum atomic E-state index is 0.330. The smallest absolute Gasteiger partial charge is 0.118 e. The maximum atomic E-state index is 9.44. The second-order valence-corrected chi connectivity index (χ2v) is 4.80. The van der Waals surface area contributed by atoms with E-state index in [1.54, 1.807) is 6.07 Å². The Balaban J connectivity index is 2.08. The fraction of sp³-hybridized carbons (Fsp3) is 0.143. The zero-order chi connectivity index (χ0) is 12.3. The lowest BCUT2D eigenvalue weighted by atomic mass is 10.2. The molecule has 17 heavy (non-hydrogen) atoms. The molecule has 0 saturated carbocycles. The van der Waals surface area contributed by atoms with Gasteiger partial charge < -0.3 is 10.4 Å². The van der Waals surface area contributed by atoms with Gasteiger partial charge in [0.05, 0.1) is 0 Å². The van der Waals surface area contributed by atoms with Crippen molar-refractivity contribution >= 4 is 21.6 Å². The molecule has 2 rings (SSSR count). The van der Waals surface area contributed by atoms with Crippen LogP contribution in [0, 0.1) is 6.92 Å². The molecule has 2 aromatic rings. The van der Waals surface area contributed by atoms with Crippen LogP contribution in [0.4, 0.5) is 5.69 Å². The van der Waals surface area contributed by atoms with Gasteiger partial charge in [-0.3, -0.25) is 0 Å². The Labute approximate surface area is 109 Å². The van der Waals surface area contributed by atoms with Gasteiger partial charge in [-0.25, -0.2) is 0 Å². The van der Waals surface area contributed by atoms with Gasteiger partial charge in [-0.1, -0.05) is 34.1 Å². The SMILES string of the molecule is Cc1cc(NCc2ccccc2Br)ccc1O. The van der Waals surface area contributed by atoms with Gasteiger partial charge in [0.25, 0.3) is 0 Å². The van der Waals surface area contributed by atoms with E-state index in [4.69, 9.17) is 0 Å². The Bertz CT molecular complexity index is 525. The molecule has 2 nitrogen and oxygen atoms in total. The van der Waals surface area contributed by atoms with E-state index < -0.39 is 0 Å². The van der Waals surface area contributed by atoms with Crippen LogP contribution in [0.5, 0.6) is 5.75 Å². The van der Waals surface area contributed by atoms with Gasteiger partial charge in [-0.2, -0.15) is 0 Å². The maximum Gasteiger partial charge on any atom is 0.118 e. The molecule has 0 aromatic heterocycles. The van der Waals surface area contributed by atoms with Crippen LogP contribution in [0.2, 0.25) is 0 Å². The molecule has 3 heteroatoms. The number of benzene rings is 2. The van der Waals surface area contributed by atoms with Gasteiger partial charge in [-0.05, 0) is 42.3 Å². The summed E-state index contributed by atoms with van der Waals surface area (Å²) in [6.45, 7) is 2.64. The summed E-state index contributed by atoms with van der Waals surface area (Å²) in [5, 5.41) is 12.8. The van der Waals surface area contributed by atoms with Crippen LogP contribution >= 0.6 is 15.9 Å². The second-order valence-electron chi connectivity index (χ2n) is 3.95. The summed E-state index contributed by atoms with van der Waals surface area (Å²) in [6.07, 6.45) is 0. The average molecular weight is 292 g/mol. The van der Waals surface area contributed by atoms with Crippen molar-refractivity contribution in [3.8, 4) is 5.75 Å². The molecule has 0 aliphatic heterocycles. The molecular weight excluding hydrogens is 278 g/mol. The number of rotatable bonds is 3. The van der Waals surface area contributed by atoms with Gasteiger partial charge >= 0.3 is 0 Å². The number of aryl methyl sites for hydroxylation is 1. The minimum absolute atomic E-state index is 0.330. The van der Waals surface area contributed by atoms with Crippen molar-refractivity contribution in [1.29, 1.82) is 0 Å². The molecule has 0 saturated heterocycles. The lowest BCUT2D eigenvalue weighted by molar-refractivity contribution is 0.471. The van der Waals surface area contributed by atoms with Crippen LogP contribution in [-0.2, 0) is 6.54 Å². The average Bonchev–Trinajstić information content (AvgIpc) is 2.32. The second kappa shape index (κ2) is 5.23. The molecule has 0 spiro atoms. The van der Waals surface area contributed by atoms with Gasteiger partial charge in [0.1, 0.15) is 5.75 Å². The summed E-state index contributed by atoms with van der Waals surface area (Å²) in [7, 11) is 0. The molecule has 0 atom stereocenters. The topological polar surface area (TPSA) is 32.3 Å². The van der Waals surface area contributed by atoms with Crippen LogP contribution in [0.25, 0.3) is 0 Å². The maximum absolute atomic E-state index is 9.44. The third kappa shape index (κ3) is 3.01. The van der Waals surface area contributed by atoms with Crippen molar-refractivity contribution in [1.82, 2.24) is 0 Å². The first-order valence-electron chi connectivity index (χ1n) is 5.44. The zero-order valence-corrected chi connectivity index (χ0v) is 11.2. The molecule has 0 heterocycles. The molecule has 0 aliphatic carbocycles. The van der Waals surface area contributed by atoms with Crippen molar-refractivity contribution < 1.29 is 5.11 Å². The molecule has 2 aromatic carbocycles. The van der Waals surface area contributed by atoms with Crippen molar-refractivity contribution in [2.45, 2.75) is 13.5 Å². The van der Waals surface area contributed by atoms with Crippen LogP contribution in [-0.4, -0.2) is 5.11 Å². The first-order valence-corrected chi connectivity index (χ1v) is 6.23. The Kier molecular flexibility index (Phi) is 3.69. The predicted molar refractivity (Wildman–Crippen MR) is 74.3 cm³/mol. The molecule has 2 N–H and O–H groups in total. The van der Waals surface area contributed by atoms with E-state index in [0.717, 1.165) is 22.3 Å². The summed E-state index contributed by atoms with van der Waals surface area (Å²) >= 11 is 3.52. The molecule has 0 aliphatic rings. The number of nitrogens with one attached hydrogen (secondary N) is 1. The highest BCUT2D eigenvalue weighted by atomic mass is 79.9. The van der Waals surface area contributed by atoms with Crippen molar-refractivity contribution in [3.05, 3.63) is 58.1 Å². The lowest BCUT2D eigenvalue weighted by Crippen LogP contribution is -2.00. The van der Waals surface area contributed by atoms with Crippen molar-refractivity contribution in [2.24, 2.45) is 0 Å². The van der Waals surface area contributed by atoms with Crippen LogP contribution in [0.1, 0.15) is 11.1 Å². The Morgan fingerprint density at radius 3 is 2.65 bits per heavy atom. The van der Waals surface area contributed by atoms with Gasteiger partial charge in [0.15, 0.2) is 0 Å². The molecule has 0 fully saturated rings. The summed E-state index contributed by atoms with van der Waals surface area (Å²) in [5.41, 5.74) is 3.09. The number of halogens is 1. The normalized spacial score (nSPS) is 10.2. The molecule has 0 amide bonds. The monoisotopic (exact) mass is 291 g/mol. The summed E-state index contributed by atoms with van der Waals surface area (Å²) in [4.78, 5) is 0. The summed E-state index contributed by atoms with van der Waals surface area (Å²) < 4.78 is 1.10. The first-order chi connectivity index (χ1) is 8.16. The van der Waals surface area contributed by atoms with Gasteiger partial charge in [0, 0.05) is 16.7 Å². The first kappa shape index (κ1) is 12.0. The van der Waals surface area contributed by atoms with Crippen molar-refractivity contribution in [2.75, 3.05) is 5.32 Å². The largest absolute Gasteiger partial charge is 0.508 e. The standard InChI is InChI=1S/C14H14BrNO/c1-10-8-12(6-7-14(10)17)16-9-11-4-2-3-5-13(11)15/h2-8,16-17H,9H2,1H3. The lowest BCUT2D eigenvalue weighted by Gasteiger charge is -2.09. The van der Waals surface area contributed by atoms with E-state index in [9.17, 15) is 5.11 Å². The van der Waals surface area contributed by atoms with E-state index in [-0.39, 0.29) is 0 Å². The van der Waals surface area contributed by atoms with E-state index in [1.165, 1.54) is 5.56 Å². The number of anilines is 1. The minimum Gasteiger partial charge on any atom is -0.508 e. The molecule has 0 bridgehead atoms. The number of phenols is 1. The Hall–Kier alpha value is -1.48. The predicted octanol–water partition coefficient (Wildman–Crippen LogP) is 4.08. The highest BCUT2D eigenvalue weighted by Crippen LogP contribution is 2.22. The quantitative estimate of drug-likeness (QED) is 0.836. The zero-order valence-electron chi connectivity index (χ0n) is 9.57. The molecule has 88 valence electrons. The highest BCUT2D eigenvalue weighted by Gasteiger charge is 2.00. The fourth-order valence-electron chi connectivity index (χ4n) is 1.60. The molecule has 0 unspecified atom stereocenters. The highest BCUT2D eigenvalue weighted by molar-refractivity contribution is 9.10. The number of phenolic OH excluding ortho intramolecular Hbond substituents is 1. The van der Waals surface area contributed by atoms with E-state index >= 15 is 0 Å². The van der Waals surface area contributed by atoms with Crippen LogP contribution in [0.3, 0.4) is 0 Å². The number of hydrogen-bond donors (Lipinski definition) is 2. The van der Waals surface area contributed by atoms with E-state index in [1.807, 2.05) is 37.3 Å². The van der Waals surface area contributed by atoms with Crippen LogP contribution in [0.15, 0.2) is 46.9 Å². The fourth-order valence-corrected chi connectivity index (χ4v) is 2.03. The van der Waals surface area contributed by atoms with E-state index in [0.29, 0.717) is 5.75 Å². The van der Waals surface area contributed by atoms with E-state index in [2.05, 4.69) is 27.3 Å². The molecule has 0 radical (unpaired) electrons. The van der Waals surface area contributed by atoms with Crippen molar-refractivity contribution in [3.63, 3.8) is 0 Å². The Morgan fingerprint density at radius 2 is 1.94 bits per heavy atom. The Morgan fingerprint density at radius 1 is 1.18 bits per heavy atom. The molecular formula is C14H14BrNO. The number of hydrogen-bond acceptors (Lipinski definition) is 2. The van der Waals surface area contributed by atoms with Gasteiger partial charge in [0.2, 0.25) is 0 Å². The third-order valence-electron chi connectivity index (χ3n) is 2.64. The summed E-state index contributed by atoms with van der Waals surface area (Å²) in [6, 6.07) is 13.6. The van der Waals surface area contributed by atoms with Crippen LogP contribution < -0.4 is 5.32 Å². The third-order valence-corrected chi connectivity index (χ3v) is 3.41.